The van der Waals surface area contributed by atoms with Gasteiger partial charge in [-0.1, -0.05) is 48.5 Å². The Bertz CT molecular complexity index is 1380. The van der Waals surface area contributed by atoms with Crippen LogP contribution >= 0.6 is 0 Å². The van der Waals surface area contributed by atoms with E-state index < -0.39 is 18.8 Å². The number of carboxylic acid groups (broad SMARTS) is 1. The molecule has 36 heavy (non-hydrogen) atoms. The number of hydrogen-bond donors (Lipinski definition) is 2. The summed E-state index contributed by atoms with van der Waals surface area (Å²) in [5.41, 5.74) is 4.13. The van der Waals surface area contributed by atoms with Crippen LogP contribution < -0.4 is 19.5 Å². The van der Waals surface area contributed by atoms with Gasteiger partial charge in [-0.3, -0.25) is 0 Å². The lowest BCUT2D eigenvalue weighted by Gasteiger charge is -2.20. The standard InChI is InChI=1S/C27H24N4O5/c1-34-22-15-18(12-13-21(22)35-16-24(32)33)26-28-20-10-6-5-9-19(20)25-27(36-26)29-23(30-31-25)14-11-17-7-3-2-4-8-17/h2-10,12-13,15,26,28H,11,14,16H2,1H3,(H,32,33)/t26-/m0/s1. The normalized spacial score (nSPS) is 13.9. The predicted molar refractivity (Wildman–Crippen MR) is 132 cm³/mol. The summed E-state index contributed by atoms with van der Waals surface area (Å²) in [6, 6.07) is 23.1. The Morgan fingerprint density at radius 1 is 1.00 bits per heavy atom. The molecule has 0 saturated heterocycles. The SMILES string of the molecule is COc1cc([C@H]2Nc3ccccc3-c3nnc(CCc4ccccc4)nc3O2)ccc1OCC(=O)O. The number of carbonyl (C=O) groups is 1. The van der Waals surface area contributed by atoms with Crippen LogP contribution in [0.1, 0.15) is 23.2 Å². The van der Waals surface area contributed by atoms with Crippen LogP contribution in [0.3, 0.4) is 0 Å². The number of fused-ring (bicyclic) bond motifs is 3. The maximum Gasteiger partial charge on any atom is 0.341 e. The number of nitrogens with one attached hydrogen (secondary N) is 1. The number of aromatic nitrogens is 3. The zero-order valence-electron chi connectivity index (χ0n) is 19.5. The minimum Gasteiger partial charge on any atom is -0.493 e. The van der Waals surface area contributed by atoms with Gasteiger partial charge >= 0.3 is 5.97 Å². The first-order valence-electron chi connectivity index (χ1n) is 11.4. The monoisotopic (exact) mass is 484 g/mol. The number of anilines is 1. The van der Waals surface area contributed by atoms with E-state index in [0.29, 0.717) is 35.3 Å². The van der Waals surface area contributed by atoms with Crippen LogP contribution in [0.2, 0.25) is 0 Å². The second-order valence-corrected chi connectivity index (χ2v) is 8.15. The molecule has 0 saturated carbocycles. The number of hydrogen-bond acceptors (Lipinski definition) is 8. The summed E-state index contributed by atoms with van der Waals surface area (Å²) < 4.78 is 17.1. The molecule has 9 heteroatoms. The highest BCUT2D eigenvalue weighted by Gasteiger charge is 2.26. The number of ether oxygens (including phenoxy) is 3. The van der Waals surface area contributed by atoms with Gasteiger partial charge in [0.25, 0.3) is 0 Å². The summed E-state index contributed by atoms with van der Waals surface area (Å²) in [6.07, 6.45) is 0.791. The molecule has 2 N–H and O–H groups in total. The van der Waals surface area contributed by atoms with E-state index in [4.69, 9.17) is 24.3 Å². The fraction of sp³-hybridized carbons (Fsp3) is 0.185. The van der Waals surface area contributed by atoms with Crippen molar-refractivity contribution in [1.29, 1.82) is 0 Å². The lowest BCUT2D eigenvalue weighted by atomic mass is 10.1. The second kappa shape index (κ2) is 10.3. The number of carboxylic acids is 1. The Morgan fingerprint density at radius 2 is 1.81 bits per heavy atom. The van der Waals surface area contributed by atoms with Gasteiger partial charge in [0.2, 0.25) is 5.88 Å². The van der Waals surface area contributed by atoms with E-state index in [1.165, 1.54) is 12.7 Å². The summed E-state index contributed by atoms with van der Waals surface area (Å²) >= 11 is 0. The average Bonchev–Trinajstić information content (AvgIpc) is 3.07. The van der Waals surface area contributed by atoms with Crippen molar-refractivity contribution in [1.82, 2.24) is 15.2 Å². The molecule has 1 aromatic heterocycles. The lowest BCUT2D eigenvalue weighted by Crippen LogP contribution is -2.18. The molecule has 1 aliphatic rings. The van der Waals surface area contributed by atoms with Gasteiger partial charge in [0.1, 0.15) is 0 Å². The molecule has 0 fully saturated rings. The molecule has 3 aromatic carbocycles. The number of methoxy groups -OCH3 is 1. The molecular formula is C27H24N4O5. The molecule has 0 bridgehead atoms. The lowest BCUT2D eigenvalue weighted by molar-refractivity contribution is -0.139. The zero-order chi connectivity index (χ0) is 24.9. The van der Waals surface area contributed by atoms with Gasteiger partial charge in [0, 0.05) is 23.2 Å². The molecule has 0 radical (unpaired) electrons. The summed E-state index contributed by atoms with van der Waals surface area (Å²) in [5.74, 6) is 0.608. The van der Waals surface area contributed by atoms with Crippen LogP contribution in [-0.4, -0.2) is 40.0 Å². The third-order valence-corrected chi connectivity index (χ3v) is 5.72. The average molecular weight is 485 g/mol. The Kier molecular flexibility index (Phi) is 6.61. The summed E-state index contributed by atoms with van der Waals surface area (Å²) in [5, 5.41) is 21.2. The number of rotatable bonds is 8. The fourth-order valence-electron chi connectivity index (χ4n) is 3.96. The Morgan fingerprint density at radius 3 is 2.61 bits per heavy atom. The molecule has 4 aromatic rings. The van der Waals surface area contributed by atoms with Crippen molar-refractivity contribution in [3.63, 3.8) is 0 Å². The van der Waals surface area contributed by atoms with Crippen molar-refractivity contribution >= 4 is 11.7 Å². The molecule has 1 aliphatic heterocycles. The zero-order valence-corrected chi connectivity index (χ0v) is 19.5. The fourth-order valence-corrected chi connectivity index (χ4v) is 3.96. The van der Waals surface area contributed by atoms with E-state index in [0.717, 1.165) is 23.2 Å². The van der Waals surface area contributed by atoms with E-state index in [1.54, 1.807) is 18.2 Å². The van der Waals surface area contributed by atoms with Gasteiger partial charge in [-0.2, -0.15) is 4.98 Å². The summed E-state index contributed by atoms with van der Waals surface area (Å²) in [4.78, 5) is 15.6. The van der Waals surface area contributed by atoms with Gasteiger partial charge in [-0.15, -0.1) is 10.2 Å². The highest BCUT2D eigenvalue weighted by molar-refractivity contribution is 5.79. The summed E-state index contributed by atoms with van der Waals surface area (Å²) in [6.45, 7) is -0.469. The molecule has 0 spiro atoms. The van der Waals surface area contributed by atoms with E-state index in [-0.39, 0.29) is 0 Å². The third kappa shape index (κ3) is 5.05. The first kappa shape index (κ1) is 23.1. The van der Waals surface area contributed by atoms with Crippen molar-refractivity contribution in [2.75, 3.05) is 19.0 Å². The topological polar surface area (TPSA) is 116 Å². The van der Waals surface area contributed by atoms with Crippen molar-refractivity contribution in [2.24, 2.45) is 0 Å². The van der Waals surface area contributed by atoms with Crippen LogP contribution in [-0.2, 0) is 17.6 Å². The van der Waals surface area contributed by atoms with E-state index in [2.05, 4.69) is 27.6 Å². The van der Waals surface area contributed by atoms with Crippen molar-refractivity contribution < 1.29 is 24.1 Å². The predicted octanol–water partition coefficient (Wildman–Crippen LogP) is 4.30. The third-order valence-electron chi connectivity index (χ3n) is 5.72. The minimum absolute atomic E-state index is 0.324. The molecule has 0 unspecified atom stereocenters. The Labute approximate surface area is 207 Å². The number of nitrogens with zero attached hydrogens (tertiary/aromatic N) is 3. The summed E-state index contributed by atoms with van der Waals surface area (Å²) in [7, 11) is 1.49. The maximum absolute atomic E-state index is 10.9. The molecule has 0 aliphatic carbocycles. The van der Waals surface area contributed by atoms with Crippen molar-refractivity contribution in [2.45, 2.75) is 19.1 Å². The Balaban J connectivity index is 1.46. The van der Waals surface area contributed by atoms with Crippen LogP contribution in [0.25, 0.3) is 11.3 Å². The Hall–Kier alpha value is -4.66. The van der Waals surface area contributed by atoms with Crippen LogP contribution in [0.4, 0.5) is 5.69 Å². The molecule has 0 amide bonds. The smallest absolute Gasteiger partial charge is 0.341 e. The van der Waals surface area contributed by atoms with Gasteiger partial charge in [-0.05, 0) is 36.2 Å². The molecule has 9 nitrogen and oxygen atoms in total. The second-order valence-electron chi connectivity index (χ2n) is 8.15. The van der Waals surface area contributed by atoms with Gasteiger partial charge in [0.05, 0.1) is 7.11 Å². The highest BCUT2D eigenvalue weighted by atomic mass is 16.5. The van der Waals surface area contributed by atoms with Gasteiger partial charge in [0.15, 0.2) is 35.9 Å². The number of benzene rings is 3. The maximum atomic E-state index is 10.9. The quantitative estimate of drug-likeness (QED) is 0.378. The van der Waals surface area contributed by atoms with Crippen LogP contribution in [0.15, 0.2) is 72.8 Å². The van der Waals surface area contributed by atoms with Crippen molar-refractivity contribution in [3.8, 4) is 28.6 Å². The largest absolute Gasteiger partial charge is 0.493 e. The van der Waals surface area contributed by atoms with Crippen LogP contribution in [0.5, 0.6) is 17.4 Å². The van der Waals surface area contributed by atoms with E-state index >= 15 is 0 Å². The first-order valence-corrected chi connectivity index (χ1v) is 11.4. The number of para-hydroxylation sites is 1. The minimum atomic E-state index is -1.07. The van der Waals surface area contributed by atoms with Crippen molar-refractivity contribution in [3.05, 3.63) is 89.7 Å². The molecule has 182 valence electrons. The van der Waals surface area contributed by atoms with E-state index in [9.17, 15) is 4.79 Å². The van der Waals surface area contributed by atoms with Gasteiger partial charge in [-0.25, -0.2) is 4.79 Å². The molecule has 1 atom stereocenters. The van der Waals surface area contributed by atoms with Crippen LogP contribution in [0, 0.1) is 0 Å². The molecule has 2 heterocycles. The number of aliphatic carboxylic acids is 1. The highest BCUT2D eigenvalue weighted by Crippen LogP contribution is 2.40. The molecular weight excluding hydrogens is 460 g/mol. The first-order chi connectivity index (χ1) is 17.6. The number of aryl methyl sites for hydroxylation is 2. The van der Waals surface area contributed by atoms with Gasteiger partial charge < -0.3 is 24.6 Å². The van der Waals surface area contributed by atoms with E-state index in [1.807, 2.05) is 42.5 Å². The molecule has 5 rings (SSSR count).